The molecular weight excluding hydrogens is 268 g/mol. The summed E-state index contributed by atoms with van der Waals surface area (Å²) in [6.45, 7) is 8.81. The van der Waals surface area contributed by atoms with Crippen LogP contribution in [-0.2, 0) is 9.53 Å². The molecule has 5 nitrogen and oxygen atoms in total. The van der Waals surface area contributed by atoms with Crippen LogP contribution in [0.25, 0.3) is 0 Å². The Morgan fingerprint density at radius 2 is 2.19 bits per heavy atom. The lowest BCUT2D eigenvalue weighted by molar-refractivity contribution is -0.145. The van der Waals surface area contributed by atoms with Gasteiger partial charge in [-0.1, -0.05) is 6.92 Å². The minimum atomic E-state index is -0.829. The summed E-state index contributed by atoms with van der Waals surface area (Å²) in [4.78, 5) is 14.0. The van der Waals surface area contributed by atoms with Crippen molar-refractivity contribution in [1.29, 1.82) is 0 Å². The summed E-state index contributed by atoms with van der Waals surface area (Å²) in [6.07, 6.45) is 5.42. The number of hydrogen-bond acceptors (Lipinski definition) is 4. The zero-order chi connectivity index (χ0) is 15.5. The van der Waals surface area contributed by atoms with Gasteiger partial charge in [-0.25, -0.2) is 0 Å². The van der Waals surface area contributed by atoms with Crippen molar-refractivity contribution in [3.05, 3.63) is 0 Å². The molecule has 1 heterocycles. The molecule has 0 spiro atoms. The summed E-state index contributed by atoms with van der Waals surface area (Å²) in [5.74, 6) is -0.741. The molecule has 3 unspecified atom stereocenters. The first kappa shape index (κ1) is 16.7. The van der Waals surface area contributed by atoms with Crippen LogP contribution in [0.4, 0.5) is 0 Å². The van der Waals surface area contributed by atoms with E-state index in [0.717, 1.165) is 45.4 Å². The number of ether oxygens (including phenoxy) is 1. The number of carbonyl (C=O) groups is 1. The van der Waals surface area contributed by atoms with E-state index < -0.39 is 11.5 Å². The van der Waals surface area contributed by atoms with E-state index in [0.29, 0.717) is 18.6 Å². The van der Waals surface area contributed by atoms with Crippen molar-refractivity contribution < 1.29 is 14.6 Å². The highest BCUT2D eigenvalue weighted by Gasteiger charge is 2.40. The molecule has 1 aliphatic heterocycles. The molecule has 0 aromatic rings. The number of hydrogen-bond donors (Lipinski definition) is 2. The van der Waals surface area contributed by atoms with Crippen molar-refractivity contribution >= 4 is 5.97 Å². The van der Waals surface area contributed by atoms with Gasteiger partial charge in [0.1, 0.15) is 5.54 Å². The number of nitrogens with zero attached hydrogens (tertiary/aromatic N) is 1. The molecule has 2 rings (SSSR count). The zero-order valence-corrected chi connectivity index (χ0v) is 13.6. The maximum Gasteiger partial charge on any atom is 0.323 e. The molecule has 0 amide bonds. The highest BCUT2D eigenvalue weighted by molar-refractivity contribution is 5.78. The lowest BCUT2D eigenvalue weighted by atomic mass is 9.92. The SMILES string of the molecule is CCN(CC1CCCO1)C(C)CC(C)(NC1CC1)C(=O)O. The smallest absolute Gasteiger partial charge is 0.323 e. The normalized spacial score (nSPS) is 26.8. The summed E-state index contributed by atoms with van der Waals surface area (Å²) in [6, 6.07) is 0.623. The van der Waals surface area contributed by atoms with Crippen LogP contribution in [-0.4, -0.2) is 59.4 Å². The quantitative estimate of drug-likeness (QED) is 0.680. The molecule has 122 valence electrons. The average Bonchev–Trinajstić information content (AvgIpc) is 3.07. The van der Waals surface area contributed by atoms with E-state index in [9.17, 15) is 9.90 Å². The van der Waals surface area contributed by atoms with Crippen molar-refractivity contribution in [2.45, 2.75) is 76.6 Å². The Balaban J connectivity index is 1.91. The minimum Gasteiger partial charge on any atom is -0.480 e. The molecule has 3 atom stereocenters. The lowest BCUT2D eigenvalue weighted by Crippen LogP contribution is -2.54. The Morgan fingerprint density at radius 3 is 2.67 bits per heavy atom. The van der Waals surface area contributed by atoms with Gasteiger partial charge in [0.2, 0.25) is 0 Å². The van der Waals surface area contributed by atoms with E-state index in [1.807, 2.05) is 6.92 Å². The van der Waals surface area contributed by atoms with Gasteiger partial charge in [-0.15, -0.1) is 0 Å². The molecule has 1 saturated heterocycles. The lowest BCUT2D eigenvalue weighted by Gasteiger charge is -2.36. The van der Waals surface area contributed by atoms with Gasteiger partial charge in [-0.3, -0.25) is 15.0 Å². The van der Waals surface area contributed by atoms with Gasteiger partial charge in [0.15, 0.2) is 0 Å². The topological polar surface area (TPSA) is 61.8 Å². The van der Waals surface area contributed by atoms with Gasteiger partial charge in [-0.2, -0.15) is 0 Å². The Labute approximate surface area is 128 Å². The minimum absolute atomic E-state index is 0.228. The van der Waals surface area contributed by atoms with Crippen LogP contribution in [0.1, 0.15) is 52.9 Å². The molecule has 5 heteroatoms. The number of nitrogens with one attached hydrogen (secondary N) is 1. The van der Waals surface area contributed by atoms with Crippen molar-refractivity contribution in [3.8, 4) is 0 Å². The van der Waals surface area contributed by atoms with Gasteiger partial charge >= 0.3 is 5.97 Å². The molecule has 1 aliphatic carbocycles. The molecule has 0 radical (unpaired) electrons. The van der Waals surface area contributed by atoms with Crippen LogP contribution in [0.5, 0.6) is 0 Å². The Kier molecular flexibility index (Phi) is 5.63. The van der Waals surface area contributed by atoms with Crippen molar-refractivity contribution in [2.75, 3.05) is 19.7 Å². The fourth-order valence-corrected chi connectivity index (χ4v) is 3.28. The van der Waals surface area contributed by atoms with Crippen molar-refractivity contribution in [1.82, 2.24) is 10.2 Å². The predicted molar refractivity (Wildman–Crippen MR) is 82.5 cm³/mol. The first-order valence-electron chi connectivity index (χ1n) is 8.31. The van der Waals surface area contributed by atoms with E-state index in [1.165, 1.54) is 0 Å². The number of carboxylic acids is 1. The van der Waals surface area contributed by atoms with Crippen LogP contribution in [0.2, 0.25) is 0 Å². The highest BCUT2D eigenvalue weighted by Crippen LogP contribution is 2.26. The maximum absolute atomic E-state index is 11.7. The molecular formula is C16H30N2O3. The predicted octanol–water partition coefficient (Wildman–Crippen LogP) is 1.86. The molecule has 0 aromatic carbocycles. The monoisotopic (exact) mass is 298 g/mol. The fraction of sp³-hybridized carbons (Fsp3) is 0.938. The number of rotatable bonds is 9. The van der Waals surface area contributed by atoms with E-state index in [2.05, 4.69) is 24.1 Å². The van der Waals surface area contributed by atoms with Crippen molar-refractivity contribution in [2.24, 2.45) is 0 Å². The van der Waals surface area contributed by atoms with E-state index >= 15 is 0 Å². The van der Waals surface area contributed by atoms with Gasteiger partial charge in [0.05, 0.1) is 6.10 Å². The molecule has 0 bridgehead atoms. The third kappa shape index (κ3) is 4.66. The van der Waals surface area contributed by atoms with Crippen LogP contribution < -0.4 is 5.32 Å². The molecule has 2 N–H and O–H groups in total. The number of aliphatic carboxylic acids is 1. The van der Waals surface area contributed by atoms with Crippen molar-refractivity contribution in [3.63, 3.8) is 0 Å². The Hall–Kier alpha value is -0.650. The highest BCUT2D eigenvalue weighted by atomic mass is 16.5. The van der Waals surface area contributed by atoms with Gasteiger partial charge < -0.3 is 9.84 Å². The van der Waals surface area contributed by atoms with Crippen LogP contribution in [0, 0.1) is 0 Å². The Morgan fingerprint density at radius 1 is 1.48 bits per heavy atom. The van der Waals surface area contributed by atoms with E-state index in [-0.39, 0.29) is 6.04 Å². The largest absolute Gasteiger partial charge is 0.480 e. The second-order valence-corrected chi connectivity index (χ2v) is 6.83. The molecule has 2 fully saturated rings. The van der Waals surface area contributed by atoms with Gasteiger partial charge in [0, 0.05) is 25.2 Å². The van der Waals surface area contributed by atoms with Crippen LogP contribution >= 0.6 is 0 Å². The van der Waals surface area contributed by atoms with Gasteiger partial charge in [0.25, 0.3) is 0 Å². The fourth-order valence-electron chi connectivity index (χ4n) is 3.28. The average molecular weight is 298 g/mol. The standard InChI is InChI=1S/C16H30N2O3/c1-4-18(11-14-6-5-9-21-14)12(2)10-16(3,15(19)20)17-13-7-8-13/h12-14,17H,4-11H2,1-3H3,(H,19,20). The maximum atomic E-state index is 11.7. The molecule has 21 heavy (non-hydrogen) atoms. The van der Waals surface area contributed by atoms with Crippen LogP contribution in [0.15, 0.2) is 0 Å². The summed E-state index contributed by atoms with van der Waals surface area (Å²) >= 11 is 0. The number of likely N-dealkylation sites (N-methyl/N-ethyl adjacent to an activating group) is 1. The molecule has 1 saturated carbocycles. The zero-order valence-electron chi connectivity index (χ0n) is 13.6. The first-order chi connectivity index (χ1) is 9.94. The third-order valence-corrected chi connectivity index (χ3v) is 4.77. The van der Waals surface area contributed by atoms with E-state index in [4.69, 9.17) is 4.74 Å². The van der Waals surface area contributed by atoms with E-state index in [1.54, 1.807) is 0 Å². The Bertz CT molecular complexity index is 353. The summed E-state index contributed by atoms with van der Waals surface area (Å²) in [7, 11) is 0. The summed E-state index contributed by atoms with van der Waals surface area (Å²) in [5.41, 5.74) is -0.829. The van der Waals surface area contributed by atoms with Gasteiger partial charge in [-0.05, 0) is 52.5 Å². The summed E-state index contributed by atoms with van der Waals surface area (Å²) in [5, 5.41) is 12.9. The number of carboxylic acid groups (broad SMARTS) is 1. The third-order valence-electron chi connectivity index (χ3n) is 4.77. The second kappa shape index (κ2) is 7.07. The summed E-state index contributed by atoms with van der Waals surface area (Å²) < 4.78 is 5.71. The first-order valence-corrected chi connectivity index (χ1v) is 8.31. The molecule has 2 aliphatic rings. The van der Waals surface area contributed by atoms with Crippen LogP contribution in [0.3, 0.4) is 0 Å². The molecule has 0 aromatic heterocycles. The second-order valence-electron chi connectivity index (χ2n) is 6.83.